The Hall–Kier alpha value is 0.0400. The fraction of sp³-hybridized carbons (Fsp3) is 1.00. The van der Waals surface area contributed by atoms with E-state index < -0.39 is 7.91 Å². The highest BCUT2D eigenvalue weighted by molar-refractivity contribution is 7.48. The molecule has 1 aliphatic heterocycles. The number of hydrogen-bond acceptors (Lipinski definition) is 4. The Balaban J connectivity index is 2.38. The number of halogens is 1. The van der Waals surface area contributed by atoms with Gasteiger partial charge in [0.25, 0.3) is 0 Å². The molecule has 1 saturated heterocycles. The summed E-state index contributed by atoms with van der Waals surface area (Å²) < 4.78 is 35.7. The van der Waals surface area contributed by atoms with Crippen molar-refractivity contribution in [2.24, 2.45) is 0 Å². The van der Waals surface area contributed by atoms with Crippen molar-refractivity contribution in [2.45, 2.75) is 6.10 Å². The first-order valence-electron chi connectivity index (χ1n) is 2.75. The predicted octanol–water partition coefficient (Wildman–Crippen LogP) is 1.13. The van der Waals surface area contributed by atoms with Crippen molar-refractivity contribution in [2.75, 3.05) is 20.3 Å². The van der Waals surface area contributed by atoms with Gasteiger partial charge in [0.1, 0.15) is 6.10 Å². The Bertz CT molecular complexity index is 149. The molecule has 0 aromatic rings. The average molecular weight is 170 g/mol. The van der Waals surface area contributed by atoms with Crippen molar-refractivity contribution in [3.8, 4) is 0 Å². The van der Waals surface area contributed by atoms with Crippen LogP contribution in [0.2, 0.25) is 0 Å². The zero-order valence-electron chi connectivity index (χ0n) is 5.45. The molecule has 0 spiro atoms. The minimum Gasteiger partial charge on any atom is -0.377 e. The van der Waals surface area contributed by atoms with Gasteiger partial charge < -0.3 is 4.74 Å². The lowest BCUT2D eigenvalue weighted by molar-refractivity contribution is -0.0216. The van der Waals surface area contributed by atoms with Crippen LogP contribution in [0.4, 0.5) is 4.20 Å². The van der Waals surface area contributed by atoms with Crippen molar-refractivity contribution < 1.29 is 22.5 Å². The van der Waals surface area contributed by atoms with E-state index in [0.29, 0.717) is 0 Å². The minimum atomic E-state index is -4.22. The summed E-state index contributed by atoms with van der Waals surface area (Å²) in [6.07, 6.45) is -0.308. The summed E-state index contributed by atoms with van der Waals surface area (Å²) in [7, 11) is -2.77. The van der Waals surface area contributed by atoms with Gasteiger partial charge in [0, 0.05) is 7.11 Å². The van der Waals surface area contributed by atoms with E-state index in [0.717, 1.165) is 0 Å². The molecule has 4 nitrogen and oxygen atoms in total. The molecule has 1 heterocycles. The van der Waals surface area contributed by atoms with Gasteiger partial charge in [-0.2, -0.15) is 0 Å². The monoisotopic (exact) mass is 170 g/mol. The largest absolute Gasteiger partial charge is 0.513 e. The lowest BCUT2D eigenvalue weighted by atomic mass is 10.4. The van der Waals surface area contributed by atoms with E-state index in [1.54, 1.807) is 0 Å². The van der Waals surface area contributed by atoms with Gasteiger partial charge in [-0.1, -0.05) is 0 Å². The molecule has 0 aliphatic carbocycles. The molecule has 1 fully saturated rings. The van der Waals surface area contributed by atoms with Gasteiger partial charge in [-0.05, 0) is 0 Å². The second-order valence-electron chi connectivity index (χ2n) is 1.88. The summed E-state index contributed by atoms with van der Waals surface area (Å²) >= 11 is 0. The van der Waals surface area contributed by atoms with E-state index in [4.69, 9.17) is 4.74 Å². The molecule has 60 valence electrons. The second kappa shape index (κ2) is 2.96. The number of hydrogen-bond donors (Lipinski definition) is 0. The lowest BCUT2D eigenvalue weighted by Crippen LogP contribution is -2.27. The fourth-order valence-electron chi connectivity index (χ4n) is 0.566. The van der Waals surface area contributed by atoms with Gasteiger partial charge in [0.2, 0.25) is 0 Å². The maximum Gasteiger partial charge on any atom is 0.513 e. The molecule has 0 atom stereocenters. The van der Waals surface area contributed by atoms with Crippen LogP contribution in [0.15, 0.2) is 0 Å². The van der Waals surface area contributed by atoms with Gasteiger partial charge in [0.15, 0.2) is 0 Å². The quantitative estimate of drug-likeness (QED) is 0.553. The zero-order chi connectivity index (χ0) is 7.61. The maximum absolute atomic E-state index is 12.2. The summed E-state index contributed by atoms with van der Waals surface area (Å²) in [5, 5.41) is 0. The summed E-state index contributed by atoms with van der Waals surface area (Å²) in [4.78, 5) is 0. The third-order valence-corrected chi connectivity index (χ3v) is 2.08. The SMILES string of the molecule is COC1COP(=O)(F)OC1. The molecule has 6 heteroatoms. The third kappa shape index (κ3) is 2.02. The van der Waals surface area contributed by atoms with Gasteiger partial charge in [-0.25, -0.2) is 4.57 Å². The smallest absolute Gasteiger partial charge is 0.377 e. The molecule has 0 saturated carbocycles. The van der Waals surface area contributed by atoms with E-state index in [-0.39, 0.29) is 19.3 Å². The Morgan fingerprint density at radius 1 is 1.60 bits per heavy atom. The molecule has 1 rings (SSSR count). The fourth-order valence-corrected chi connectivity index (χ4v) is 1.33. The molecular formula is C4H8FO4P. The molecule has 0 amide bonds. The average Bonchev–Trinajstić information content (AvgIpc) is 1.88. The van der Waals surface area contributed by atoms with Crippen molar-refractivity contribution in [1.82, 2.24) is 0 Å². The summed E-state index contributed by atoms with van der Waals surface area (Å²) in [5.41, 5.74) is 0. The summed E-state index contributed by atoms with van der Waals surface area (Å²) in [6.45, 7) is -0.0193. The van der Waals surface area contributed by atoms with E-state index >= 15 is 0 Å². The van der Waals surface area contributed by atoms with Crippen LogP contribution in [-0.2, 0) is 18.3 Å². The first-order valence-corrected chi connectivity index (χ1v) is 4.19. The van der Waals surface area contributed by atoms with Crippen LogP contribution < -0.4 is 0 Å². The Labute approximate surface area is 57.9 Å². The standard InChI is InChI=1S/C4H8FO4P/c1-7-4-2-8-10(5,6)9-3-4/h4H,2-3H2,1H3. The van der Waals surface area contributed by atoms with Crippen LogP contribution in [0.5, 0.6) is 0 Å². The van der Waals surface area contributed by atoms with Crippen LogP contribution in [-0.4, -0.2) is 26.4 Å². The molecule has 0 unspecified atom stereocenters. The molecule has 1 aliphatic rings. The Morgan fingerprint density at radius 3 is 2.50 bits per heavy atom. The highest BCUT2D eigenvalue weighted by Gasteiger charge is 2.32. The summed E-state index contributed by atoms with van der Waals surface area (Å²) in [5.74, 6) is 0. The molecule has 0 aromatic heterocycles. The third-order valence-electron chi connectivity index (χ3n) is 1.16. The summed E-state index contributed by atoms with van der Waals surface area (Å²) in [6, 6.07) is 0. The molecule has 0 aromatic carbocycles. The Morgan fingerprint density at radius 2 is 2.10 bits per heavy atom. The normalized spacial score (nSPS) is 41.6. The van der Waals surface area contributed by atoms with Crippen LogP contribution in [0.1, 0.15) is 0 Å². The molecule has 0 N–H and O–H groups in total. The van der Waals surface area contributed by atoms with Crippen LogP contribution in [0.3, 0.4) is 0 Å². The zero-order valence-corrected chi connectivity index (χ0v) is 6.34. The predicted molar refractivity (Wildman–Crippen MR) is 31.4 cm³/mol. The topological polar surface area (TPSA) is 44.8 Å². The van der Waals surface area contributed by atoms with Crippen molar-refractivity contribution in [1.29, 1.82) is 0 Å². The van der Waals surface area contributed by atoms with Crippen LogP contribution in [0, 0.1) is 0 Å². The van der Waals surface area contributed by atoms with E-state index in [9.17, 15) is 8.76 Å². The van der Waals surface area contributed by atoms with Gasteiger partial charge in [-0.3, -0.25) is 9.05 Å². The highest BCUT2D eigenvalue weighted by Crippen LogP contribution is 2.52. The van der Waals surface area contributed by atoms with Crippen molar-refractivity contribution >= 4 is 7.91 Å². The number of ether oxygens (including phenoxy) is 1. The van der Waals surface area contributed by atoms with E-state index in [1.807, 2.05) is 0 Å². The van der Waals surface area contributed by atoms with Crippen molar-refractivity contribution in [3.05, 3.63) is 0 Å². The van der Waals surface area contributed by atoms with Crippen molar-refractivity contribution in [3.63, 3.8) is 0 Å². The van der Waals surface area contributed by atoms with Gasteiger partial charge in [0.05, 0.1) is 13.2 Å². The number of rotatable bonds is 1. The van der Waals surface area contributed by atoms with Crippen LogP contribution in [0.25, 0.3) is 0 Å². The van der Waals surface area contributed by atoms with Gasteiger partial charge in [-0.15, -0.1) is 4.20 Å². The first-order chi connectivity index (χ1) is 4.64. The molecule has 10 heavy (non-hydrogen) atoms. The maximum atomic E-state index is 12.2. The van der Waals surface area contributed by atoms with E-state index in [2.05, 4.69) is 9.05 Å². The van der Waals surface area contributed by atoms with E-state index in [1.165, 1.54) is 7.11 Å². The first kappa shape index (κ1) is 8.14. The molecular weight excluding hydrogens is 162 g/mol. The second-order valence-corrected chi connectivity index (χ2v) is 3.26. The van der Waals surface area contributed by atoms with Crippen LogP contribution >= 0.6 is 7.91 Å². The van der Waals surface area contributed by atoms with Gasteiger partial charge >= 0.3 is 7.91 Å². The highest BCUT2D eigenvalue weighted by atomic mass is 31.2. The minimum absolute atomic E-state index is 0.00965. The number of methoxy groups -OCH3 is 1. The lowest BCUT2D eigenvalue weighted by Gasteiger charge is -2.22. The molecule has 0 radical (unpaired) electrons. The Kier molecular flexibility index (Phi) is 2.41. The molecule has 0 bridgehead atoms.